The summed E-state index contributed by atoms with van der Waals surface area (Å²) in [5.74, 6) is 0. The number of nitriles is 1. The number of fused-ring (bicyclic) bond motifs is 14. The Bertz CT molecular complexity index is 3590. The maximum Gasteiger partial charge on any atom is 0.0991 e. The monoisotopic (exact) mass is 722 g/mol. The van der Waals surface area contributed by atoms with E-state index in [4.69, 9.17) is 4.98 Å². The minimum Gasteiger partial charge on any atom is -0.309 e. The third kappa shape index (κ3) is 3.97. The largest absolute Gasteiger partial charge is 0.309 e. The number of benzene rings is 7. The average molecular weight is 723 g/mol. The third-order valence-electron chi connectivity index (χ3n) is 11.0. The molecule has 0 radical (unpaired) electrons. The van der Waals surface area contributed by atoms with Crippen molar-refractivity contribution in [1.29, 1.82) is 5.26 Å². The van der Waals surface area contributed by atoms with Gasteiger partial charge in [0.05, 0.1) is 50.8 Å². The van der Waals surface area contributed by atoms with E-state index in [0.29, 0.717) is 5.56 Å². The zero-order chi connectivity index (χ0) is 35.5. The summed E-state index contributed by atoms with van der Waals surface area (Å²) >= 11 is 3.71. The third-order valence-corrected chi connectivity index (χ3v) is 13.4. The van der Waals surface area contributed by atoms with Crippen molar-refractivity contribution >= 4 is 107 Å². The normalized spacial score (nSPS) is 12.1. The molecule has 0 fully saturated rings. The van der Waals surface area contributed by atoms with Gasteiger partial charge in [0, 0.05) is 73.6 Å². The number of hydrogen-bond acceptors (Lipinski definition) is 4. The molecule has 0 spiro atoms. The first-order valence-electron chi connectivity index (χ1n) is 17.9. The van der Waals surface area contributed by atoms with Gasteiger partial charge in [-0.1, -0.05) is 84.9 Å². The summed E-state index contributed by atoms with van der Waals surface area (Å²) in [6.45, 7) is 0. The van der Waals surface area contributed by atoms with Crippen LogP contribution in [0.4, 0.5) is 0 Å². The Morgan fingerprint density at radius 2 is 1.00 bits per heavy atom. The van der Waals surface area contributed by atoms with E-state index in [0.717, 1.165) is 44.7 Å². The lowest BCUT2D eigenvalue weighted by molar-refractivity contribution is 1.13. The van der Waals surface area contributed by atoms with Crippen molar-refractivity contribution in [3.05, 3.63) is 163 Å². The molecule has 0 aliphatic carbocycles. The van der Waals surface area contributed by atoms with E-state index in [-0.39, 0.29) is 0 Å². The first-order chi connectivity index (χ1) is 26.8. The van der Waals surface area contributed by atoms with Gasteiger partial charge in [0.15, 0.2) is 0 Å². The average Bonchev–Trinajstić information content (AvgIpc) is 3.98. The van der Waals surface area contributed by atoms with Gasteiger partial charge >= 0.3 is 0 Å². The number of rotatable bonds is 3. The molecule has 0 aliphatic rings. The Hall–Kier alpha value is -6.78. The lowest BCUT2D eigenvalue weighted by Crippen LogP contribution is -2.03. The molecule has 7 aromatic carbocycles. The van der Waals surface area contributed by atoms with Crippen LogP contribution in [0.25, 0.3) is 107 Å². The van der Waals surface area contributed by atoms with Crippen molar-refractivity contribution in [3.8, 4) is 28.7 Å². The lowest BCUT2D eigenvalue weighted by atomic mass is 10.0. The number of hydrogen-bond donors (Lipinski definition) is 0. The number of para-hydroxylation sites is 2. The van der Waals surface area contributed by atoms with E-state index in [2.05, 4.69) is 149 Å². The Morgan fingerprint density at radius 3 is 1.59 bits per heavy atom. The fourth-order valence-electron chi connectivity index (χ4n) is 8.76. The topological polar surface area (TPSA) is 46.5 Å². The van der Waals surface area contributed by atoms with Crippen LogP contribution in [0.1, 0.15) is 5.56 Å². The second kappa shape index (κ2) is 11.1. The van der Waals surface area contributed by atoms with Crippen LogP contribution in [-0.2, 0) is 0 Å². The van der Waals surface area contributed by atoms with E-state index < -0.39 is 0 Å². The molecule has 12 rings (SSSR count). The van der Waals surface area contributed by atoms with Crippen LogP contribution in [0.2, 0.25) is 0 Å². The zero-order valence-electron chi connectivity index (χ0n) is 28.6. The highest BCUT2D eigenvalue weighted by molar-refractivity contribution is 7.27. The summed E-state index contributed by atoms with van der Waals surface area (Å²) in [7, 11) is 0. The minimum atomic E-state index is 0.590. The second-order valence-corrected chi connectivity index (χ2v) is 15.9. The van der Waals surface area contributed by atoms with E-state index in [1.807, 2.05) is 47.1 Å². The molecule has 5 aromatic heterocycles. The number of nitrogens with zero attached hydrogens (tertiary/aromatic N) is 4. The van der Waals surface area contributed by atoms with E-state index in [1.54, 1.807) is 0 Å². The lowest BCUT2D eigenvalue weighted by Gasteiger charge is -2.18. The Morgan fingerprint density at radius 1 is 0.463 bits per heavy atom. The molecule has 5 heterocycles. The van der Waals surface area contributed by atoms with Gasteiger partial charge in [-0.15, -0.1) is 22.7 Å². The first-order valence-corrected chi connectivity index (χ1v) is 19.6. The summed E-state index contributed by atoms with van der Waals surface area (Å²) in [4.78, 5) is 5.16. The van der Waals surface area contributed by atoms with Gasteiger partial charge in [-0.3, -0.25) is 4.98 Å². The maximum absolute atomic E-state index is 10.3. The highest BCUT2D eigenvalue weighted by Gasteiger charge is 2.24. The van der Waals surface area contributed by atoms with Crippen molar-refractivity contribution in [2.75, 3.05) is 0 Å². The Kier molecular flexibility index (Phi) is 6.12. The summed E-state index contributed by atoms with van der Waals surface area (Å²) in [6.07, 6.45) is 1.87. The van der Waals surface area contributed by atoms with Crippen LogP contribution in [0, 0.1) is 11.3 Å². The van der Waals surface area contributed by atoms with E-state index >= 15 is 0 Å². The number of pyridine rings is 1. The number of thiophene rings is 2. The van der Waals surface area contributed by atoms with Crippen molar-refractivity contribution < 1.29 is 0 Å². The fourth-order valence-corrected chi connectivity index (χ4v) is 11.3. The molecular formula is C48H26N4S2. The first kappa shape index (κ1) is 29.8. The van der Waals surface area contributed by atoms with Gasteiger partial charge in [0.2, 0.25) is 0 Å². The van der Waals surface area contributed by atoms with Crippen LogP contribution >= 0.6 is 22.7 Å². The van der Waals surface area contributed by atoms with E-state index in [9.17, 15) is 5.26 Å². The molecular weight excluding hydrogens is 697 g/mol. The molecule has 0 N–H and O–H groups in total. The highest BCUT2D eigenvalue weighted by Crippen LogP contribution is 2.47. The molecule has 0 bridgehead atoms. The van der Waals surface area contributed by atoms with Crippen LogP contribution in [0.3, 0.4) is 0 Å². The van der Waals surface area contributed by atoms with Crippen LogP contribution in [0.5, 0.6) is 0 Å². The molecule has 0 saturated heterocycles. The van der Waals surface area contributed by atoms with Crippen molar-refractivity contribution in [2.45, 2.75) is 0 Å². The summed E-state index contributed by atoms with van der Waals surface area (Å²) in [5.41, 5.74) is 8.75. The molecule has 6 heteroatoms. The van der Waals surface area contributed by atoms with Crippen LogP contribution in [0.15, 0.2) is 158 Å². The van der Waals surface area contributed by atoms with Gasteiger partial charge in [0.1, 0.15) is 0 Å². The van der Waals surface area contributed by atoms with Gasteiger partial charge in [0.25, 0.3) is 0 Å². The predicted octanol–water partition coefficient (Wildman–Crippen LogP) is 13.6. The van der Waals surface area contributed by atoms with Crippen molar-refractivity contribution in [2.24, 2.45) is 0 Å². The Labute approximate surface area is 316 Å². The predicted molar refractivity (Wildman–Crippen MR) is 229 cm³/mol. The minimum absolute atomic E-state index is 0.590. The standard InChI is InChI=1S/C48H26N4S2/c49-27-28-19-22-38(51-36-14-5-1-12-33(36)44-39(51)23-20-31-29-10-3-7-17-42(29)53-47(31)44)35(26-28)46-41(16-9-25-50-46)52-37-15-6-2-13-34(37)45-40(52)24-21-32-30-11-4-8-18-43(30)54-48(32)45/h1-26H. The van der Waals surface area contributed by atoms with Gasteiger partial charge in [-0.05, 0) is 66.7 Å². The molecule has 0 amide bonds. The Balaban J connectivity index is 1.18. The molecule has 0 atom stereocenters. The molecule has 0 aliphatic heterocycles. The van der Waals surface area contributed by atoms with E-state index in [1.165, 1.54) is 61.9 Å². The second-order valence-electron chi connectivity index (χ2n) is 13.8. The van der Waals surface area contributed by atoms with Crippen molar-refractivity contribution in [3.63, 3.8) is 0 Å². The smallest absolute Gasteiger partial charge is 0.0991 e. The fraction of sp³-hybridized carbons (Fsp3) is 0. The van der Waals surface area contributed by atoms with Gasteiger partial charge < -0.3 is 9.13 Å². The summed E-state index contributed by atoms with van der Waals surface area (Å²) < 4.78 is 9.89. The maximum atomic E-state index is 10.3. The molecule has 0 unspecified atom stereocenters. The van der Waals surface area contributed by atoms with Crippen molar-refractivity contribution in [1.82, 2.24) is 14.1 Å². The highest BCUT2D eigenvalue weighted by atomic mass is 32.1. The van der Waals surface area contributed by atoms with Gasteiger partial charge in [-0.2, -0.15) is 5.26 Å². The van der Waals surface area contributed by atoms with Gasteiger partial charge in [-0.25, -0.2) is 0 Å². The molecule has 54 heavy (non-hydrogen) atoms. The summed E-state index contributed by atoms with van der Waals surface area (Å²) in [6, 6.07) is 56.5. The number of aromatic nitrogens is 3. The molecule has 250 valence electrons. The van der Waals surface area contributed by atoms with Crippen LogP contribution in [-0.4, -0.2) is 14.1 Å². The zero-order valence-corrected chi connectivity index (χ0v) is 30.2. The summed E-state index contributed by atoms with van der Waals surface area (Å²) in [5, 5.41) is 20.3. The molecule has 12 aromatic rings. The quantitative estimate of drug-likeness (QED) is 0.182. The SMILES string of the molecule is N#Cc1ccc(-n2c3ccccc3c3c4sc5ccccc5c4ccc32)c(-c2ncccc2-n2c3ccccc3c3c4sc5ccccc5c4ccc32)c1. The molecule has 4 nitrogen and oxygen atoms in total. The van der Waals surface area contributed by atoms with Crippen LogP contribution < -0.4 is 0 Å². The molecule has 0 saturated carbocycles.